The molecule has 0 amide bonds. The largest absolute Gasteiger partial charge is 0.345 e. The molecule has 1 rings (SSSR count). The van der Waals surface area contributed by atoms with Gasteiger partial charge in [0.1, 0.15) is 5.82 Å². The molecule has 2 nitrogen and oxygen atoms in total. The Bertz CT molecular complexity index is 270. The fourth-order valence-electron chi connectivity index (χ4n) is 0.905. The van der Waals surface area contributed by atoms with Gasteiger partial charge in [0.15, 0.2) is 0 Å². The van der Waals surface area contributed by atoms with Crippen molar-refractivity contribution in [2.24, 2.45) is 5.92 Å². The zero-order valence-corrected chi connectivity index (χ0v) is 8.20. The highest BCUT2D eigenvalue weighted by molar-refractivity contribution is 5.42. The number of allylic oxidation sites excluding steroid dienone is 3. The van der Waals surface area contributed by atoms with Crippen molar-refractivity contribution in [3.05, 3.63) is 36.4 Å². The number of aromatic amines is 1. The van der Waals surface area contributed by atoms with Crippen LogP contribution in [0.1, 0.15) is 26.1 Å². The topological polar surface area (TPSA) is 28.7 Å². The van der Waals surface area contributed by atoms with Crippen LogP contribution in [0.3, 0.4) is 0 Å². The van der Waals surface area contributed by atoms with Gasteiger partial charge in [0.2, 0.25) is 0 Å². The number of hydrogen-bond acceptors (Lipinski definition) is 1. The van der Waals surface area contributed by atoms with Crippen LogP contribution in [0.25, 0.3) is 6.08 Å². The van der Waals surface area contributed by atoms with E-state index in [1.165, 1.54) is 6.42 Å². The van der Waals surface area contributed by atoms with E-state index >= 15 is 0 Å². The standard InChI is InChI=1S/C11H16N2/c1-3-10(2)6-4-5-7-11-12-8-9-13-11/h4-10H,3H2,1-2H3,(H,12,13)/b6-4-,7-5-. The molecule has 13 heavy (non-hydrogen) atoms. The minimum Gasteiger partial charge on any atom is -0.345 e. The Morgan fingerprint density at radius 1 is 1.54 bits per heavy atom. The van der Waals surface area contributed by atoms with Crippen LogP contribution in [0.5, 0.6) is 0 Å². The van der Waals surface area contributed by atoms with E-state index < -0.39 is 0 Å². The fourth-order valence-corrected chi connectivity index (χ4v) is 0.905. The average Bonchev–Trinajstić information content (AvgIpc) is 2.64. The summed E-state index contributed by atoms with van der Waals surface area (Å²) >= 11 is 0. The summed E-state index contributed by atoms with van der Waals surface area (Å²) in [6, 6.07) is 0. The molecule has 0 aliphatic heterocycles. The van der Waals surface area contributed by atoms with Gasteiger partial charge in [0, 0.05) is 12.4 Å². The first-order valence-corrected chi connectivity index (χ1v) is 4.67. The van der Waals surface area contributed by atoms with Crippen molar-refractivity contribution in [3.63, 3.8) is 0 Å². The minimum absolute atomic E-state index is 0.654. The van der Waals surface area contributed by atoms with Crippen LogP contribution in [-0.2, 0) is 0 Å². The normalized spacial score (nSPS) is 14.3. The lowest BCUT2D eigenvalue weighted by molar-refractivity contribution is 0.698. The predicted molar refractivity (Wildman–Crippen MR) is 56.2 cm³/mol. The van der Waals surface area contributed by atoms with E-state index in [0.717, 1.165) is 5.82 Å². The number of nitrogens with one attached hydrogen (secondary N) is 1. The second kappa shape index (κ2) is 5.36. The summed E-state index contributed by atoms with van der Waals surface area (Å²) in [6.45, 7) is 4.39. The van der Waals surface area contributed by atoms with Crippen LogP contribution in [0, 0.1) is 5.92 Å². The molecule has 1 aromatic rings. The monoisotopic (exact) mass is 176 g/mol. The molecule has 1 N–H and O–H groups in total. The van der Waals surface area contributed by atoms with E-state index in [2.05, 4.69) is 36.0 Å². The molecular formula is C11H16N2. The van der Waals surface area contributed by atoms with Crippen LogP contribution in [0.15, 0.2) is 30.6 Å². The number of hydrogen-bond donors (Lipinski definition) is 1. The Hall–Kier alpha value is -1.31. The summed E-state index contributed by atoms with van der Waals surface area (Å²) in [4.78, 5) is 7.08. The smallest absolute Gasteiger partial charge is 0.129 e. The number of nitrogens with zero attached hydrogens (tertiary/aromatic N) is 1. The van der Waals surface area contributed by atoms with Gasteiger partial charge in [-0.15, -0.1) is 0 Å². The first kappa shape index (κ1) is 9.78. The third-order valence-corrected chi connectivity index (χ3v) is 1.97. The van der Waals surface area contributed by atoms with Gasteiger partial charge < -0.3 is 4.98 Å². The zero-order chi connectivity index (χ0) is 9.52. The van der Waals surface area contributed by atoms with Gasteiger partial charge in [-0.25, -0.2) is 4.98 Å². The maximum atomic E-state index is 4.08. The molecule has 1 aromatic heterocycles. The van der Waals surface area contributed by atoms with Gasteiger partial charge in [0.25, 0.3) is 0 Å². The molecule has 0 radical (unpaired) electrons. The first-order chi connectivity index (χ1) is 6.33. The van der Waals surface area contributed by atoms with Gasteiger partial charge in [-0.05, 0) is 12.0 Å². The van der Waals surface area contributed by atoms with E-state index in [9.17, 15) is 0 Å². The second-order valence-corrected chi connectivity index (χ2v) is 3.10. The summed E-state index contributed by atoms with van der Waals surface area (Å²) in [5.41, 5.74) is 0. The third kappa shape index (κ3) is 3.74. The number of aromatic nitrogens is 2. The van der Waals surface area contributed by atoms with Crippen LogP contribution in [-0.4, -0.2) is 9.97 Å². The van der Waals surface area contributed by atoms with Crippen LogP contribution >= 0.6 is 0 Å². The lowest BCUT2D eigenvalue weighted by Crippen LogP contribution is -1.82. The molecular weight excluding hydrogens is 160 g/mol. The van der Waals surface area contributed by atoms with E-state index in [1.807, 2.05) is 18.3 Å². The van der Waals surface area contributed by atoms with Crippen molar-refractivity contribution in [1.82, 2.24) is 9.97 Å². The van der Waals surface area contributed by atoms with Crippen molar-refractivity contribution >= 4 is 6.08 Å². The highest BCUT2D eigenvalue weighted by Gasteiger charge is 1.88. The minimum atomic E-state index is 0.654. The van der Waals surface area contributed by atoms with Crippen molar-refractivity contribution in [3.8, 4) is 0 Å². The van der Waals surface area contributed by atoms with Crippen LogP contribution in [0.4, 0.5) is 0 Å². The average molecular weight is 176 g/mol. The molecule has 1 heterocycles. The van der Waals surface area contributed by atoms with Gasteiger partial charge in [-0.2, -0.15) is 0 Å². The van der Waals surface area contributed by atoms with E-state index in [1.54, 1.807) is 6.20 Å². The zero-order valence-electron chi connectivity index (χ0n) is 8.20. The summed E-state index contributed by atoms with van der Waals surface area (Å²) in [5.74, 6) is 1.55. The van der Waals surface area contributed by atoms with Crippen LogP contribution in [0.2, 0.25) is 0 Å². The summed E-state index contributed by atoms with van der Waals surface area (Å²) in [5, 5.41) is 0. The molecule has 0 aliphatic rings. The quantitative estimate of drug-likeness (QED) is 0.702. The molecule has 70 valence electrons. The second-order valence-electron chi connectivity index (χ2n) is 3.10. The number of rotatable bonds is 4. The SMILES string of the molecule is CCC(C)/C=C\C=C/c1ncc[nH]1. The van der Waals surface area contributed by atoms with E-state index in [4.69, 9.17) is 0 Å². The van der Waals surface area contributed by atoms with E-state index in [-0.39, 0.29) is 0 Å². The lowest BCUT2D eigenvalue weighted by atomic mass is 10.1. The number of H-pyrrole nitrogens is 1. The molecule has 1 unspecified atom stereocenters. The molecule has 0 saturated carbocycles. The maximum absolute atomic E-state index is 4.08. The molecule has 0 aliphatic carbocycles. The highest BCUT2D eigenvalue weighted by atomic mass is 14.9. The van der Waals surface area contributed by atoms with Crippen LogP contribution < -0.4 is 0 Å². The Labute approximate surface area is 79.4 Å². The molecule has 0 saturated heterocycles. The summed E-state index contributed by atoms with van der Waals surface area (Å²) in [6.07, 6.45) is 13.0. The number of imidazole rings is 1. The predicted octanol–water partition coefficient (Wildman–Crippen LogP) is 3.03. The summed E-state index contributed by atoms with van der Waals surface area (Å²) < 4.78 is 0. The van der Waals surface area contributed by atoms with Gasteiger partial charge in [-0.3, -0.25) is 0 Å². The lowest BCUT2D eigenvalue weighted by Gasteiger charge is -1.96. The third-order valence-electron chi connectivity index (χ3n) is 1.97. The van der Waals surface area contributed by atoms with Gasteiger partial charge >= 0.3 is 0 Å². The van der Waals surface area contributed by atoms with Crippen molar-refractivity contribution < 1.29 is 0 Å². The molecule has 1 atom stereocenters. The van der Waals surface area contributed by atoms with Gasteiger partial charge in [0.05, 0.1) is 0 Å². The van der Waals surface area contributed by atoms with Crippen molar-refractivity contribution in [2.75, 3.05) is 0 Å². The molecule has 0 fully saturated rings. The Kier molecular flexibility index (Phi) is 4.03. The molecule has 2 heteroatoms. The molecule has 0 aromatic carbocycles. The fraction of sp³-hybridized carbons (Fsp3) is 0.364. The Morgan fingerprint density at radius 3 is 3.00 bits per heavy atom. The Balaban J connectivity index is 2.38. The summed E-state index contributed by atoms with van der Waals surface area (Å²) in [7, 11) is 0. The maximum Gasteiger partial charge on any atom is 0.129 e. The van der Waals surface area contributed by atoms with Gasteiger partial charge in [-0.1, -0.05) is 38.5 Å². The first-order valence-electron chi connectivity index (χ1n) is 4.67. The molecule has 0 spiro atoms. The van der Waals surface area contributed by atoms with Crippen molar-refractivity contribution in [1.29, 1.82) is 0 Å². The van der Waals surface area contributed by atoms with E-state index in [0.29, 0.717) is 5.92 Å². The Morgan fingerprint density at radius 2 is 2.38 bits per heavy atom. The highest BCUT2D eigenvalue weighted by Crippen LogP contribution is 2.02. The molecule has 0 bridgehead atoms. The van der Waals surface area contributed by atoms with Crippen molar-refractivity contribution in [2.45, 2.75) is 20.3 Å².